The van der Waals surface area contributed by atoms with Crippen LogP contribution in [0.4, 0.5) is 52.7 Å². The summed E-state index contributed by atoms with van der Waals surface area (Å²) < 4.78 is 172. The first-order valence-corrected chi connectivity index (χ1v) is 34.0. The number of rotatable bonds is 16. The number of aliphatic hydroxyl groups excluding tert-OH is 1. The van der Waals surface area contributed by atoms with E-state index in [1.165, 1.54) is 5.92 Å². The quantitative estimate of drug-likeness (QED) is 0.0698. The Kier molecular flexibility index (Phi) is 22.9. The van der Waals surface area contributed by atoms with Crippen LogP contribution in [0.1, 0.15) is 199 Å². The molecule has 458 valence electrons. The average Bonchev–Trinajstić information content (AvgIpc) is 3.76. The zero-order chi connectivity index (χ0) is 59.9. The van der Waals surface area contributed by atoms with Crippen LogP contribution in [0.25, 0.3) is 0 Å². The van der Waals surface area contributed by atoms with Gasteiger partial charge in [-0.15, -0.1) is 0 Å². The lowest BCUT2D eigenvalue weighted by atomic mass is 9.56. The van der Waals surface area contributed by atoms with Gasteiger partial charge in [-0.2, -0.15) is 52.7 Å². The molecule has 4 fully saturated rings. The van der Waals surface area contributed by atoms with Crippen LogP contribution >= 0.6 is 0 Å². The minimum atomic E-state index is -5.98. The smallest absolute Gasteiger partial charge is 0.414 e. The van der Waals surface area contributed by atoms with Crippen molar-refractivity contribution in [2.45, 2.75) is 296 Å². The van der Waals surface area contributed by atoms with Crippen molar-refractivity contribution >= 4 is 16.6 Å². The molecule has 4 N–H and O–H groups in total. The molecule has 4 saturated carbocycles. The molecule has 4 rings (SSSR count). The van der Waals surface area contributed by atoms with E-state index in [9.17, 15) is 73.1 Å². The number of alkyl halides is 12. The summed E-state index contributed by atoms with van der Waals surface area (Å²) in [7, 11) is -3.91. The average molecular weight is 1180 g/mol. The number of aliphatic hydroxyl groups is 4. The predicted molar refractivity (Wildman–Crippen MR) is 289 cm³/mol. The minimum absolute atomic E-state index is 0. The number of halogens is 12. The van der Waals surface area contributed by atoms with Crippen molar-refractivity contribution in [3.05, 3.63) is 0 Å². The van der Waals surface area contributed by atoms with Crippen molar-refractivity contribution in [1.29, 1.82) is 0 Å². The molecular formula is C58H98F12O6Si2. The van der Waals surface area contributed by atoms with Crippen LogP contribution < -0.4 is 0 Å². The van der Waals surface area contributed by atoms with Gasteiger partial charge >= 0.3 is 35.9 Å². The van der Waals surface area contributed by atoms with Crippen LogP contribution in [0.3, 0.4) is 0 Å². The van der Waals surface area contributed by atoms with E-state index in [0.717, 1.165) is 57.3 Å². The Morgan fingerprint density at radius 3 is 1.27 bits per heavy atom. The van der Waals surface area contributed by atoms with E-state index in [4.69, 9.17) is 8.85 Å². The highest BCUT2D eigenvalue weighted by atomic mass is 28.4. The molecule has 0 spiro atoms. The van der Waals surface area contributed by atoms with Crippen LogP contribution in [0.15, 0.2) is 0 Å². The highest BCUT2D eigenvalue weighted by molar-refractivity contribution is 6.74. The summed E-state index contributed by atoms with van der Waals surface area (Å²) in [6, 6.07) is 0. The van der Waals surface area contributed by atoms with Gasteiger partial charge in [0.25, 0.3) is 0 Å². The molecular weight excluding hydrogens is 1080 g/mol. The first-order chi connectivity index (χ1) is 34.2. The first-order valence-electron chi connectivity index (χ1n) is 27.7. The summed E-state index contributed by atoms with van der Waals surface area (Å²) in [6.45, 7) is 32.9. The van der Waals surface area contributed by atoms with Crippen LogP contribution in [-0.4, -0.2) is 96.4 Å². The summed E-state index contributed by atoms with van der Waals surface area (Å²) in [6.07, 6.45) is -13.0. The van der Waals surface area contributed by atoms with Gasteiger partial charge in [-0.1, -0.05) is 93.4 Å². The number of fused-ring (bicyclic) bond motifs is 2. The Bertz CT molecular complexity index is 2050. The van der Waals surface area contributed by atoms with E-state index < -0.39 is 80.7 Å². The molecule has 0 amide bonds. The monoisotopic (exact) mass is 1170 g/mol. The first kappa shape index (κ1) is 72.6. The van der Waals surface area contributed by atoms with Crippen LogP contribution in [0, 0.1) is 69.0 Å². The topological polar surface area (TPSA) is 99.4 Å². The summed E-state index contributed by atoms with van der Waals surface area (Å²) in [4.78, 5) is 0. The highest BCUT2D eigenvalue weighted by Gasteiger charge is 2.71. The Hall–Kier alpha value is -1.53. The third-order valence-corrected chi connectivity index (χ3v) is 24.6. The molecule has 0 radical (unpaired) electrons. The van der Waals surface area contributed by atoms with Crippen molar-refractivity contribution in [2.24, 2.45) is 45.3 Å². The fourth-order valence-corrected chi connectivity index (χ4v) is 17.3. The Balaban J connectivity index is 0.000000547. The molecule has 0 aromatic rings. The lowest BCUT2D eigenvalue weighted by molar-refractivity contribution is -0.344. The molecule has 4 aliphatic carbocycles. The Morgan fingerprint density at radius 1 is 0.526 bits per heavy atom. The third-order valence-electron chi connectivity index (χ3n) is 18.9. The van der Waals surface area contributed by atoms with E-state index in [1.807, 2.05) is 27.7 Å². The highest BCUT2D eigenvalue weighted by Crippen LogP contribution is 2.65. The summed E-state index contributed by atoms with van der Waals surface area (Å²) in [5, 5.41) is 39.8. The molecule has 0 heterocycles. The zero-order valence-corrected chi connectivity index (χ0v) is 50.8. The van der Waals surface area contributed by atoms with Gasteiger partial charge in [0, 0.05) is 18.9 Å². The van der Waals surface area contributed by atoms with Crippen molar-refractivity contribution in [1.82, 2.24) is 0 Å². The molecule has 0 aromatic heterocycles. The van der Waals surface area contributed by atoms with Gasteiger partial charge in [0.05, 0.1) is 17.3 Å². The van der Waals surface area contributed by atoms with Crippen molar-refractivity contribution in [2.75, 3.05) is 0 Å². The second kappa shape index (κ2) is 24.6. The number of hydrogen-bond acceptors (Lipinski definition) is 6. The second-order valence-electron chi connectivity index (χ2n) is 28.4. The molecule has 0 aliphatic heterocycles. The molecule has 10 atom stereocenters. The van der Waals surface area contributed by atoms with E-state index >= 15 is 0 Å². The van der Waals surface area contributed by atoms with Crippen LogP contribution in [0.5, 0.6) is 0 Å². The molecule has 20 heteroatoms. The van der Waals surface area contributed by atoms with Gasteiger partial charge in [0.15, 0.2) is 16.6 Å². The largest absolute Gasteiger partial charge is 0.438 e. The summed E-state index contributed by atoms with van der Waals surface area (Å²) >= 11 is 0. The van der Waals surface area contributed by atoms with Gasteiger partial charge in [-0.05, 0) is 200 Å². The van der Waals surface area contributed by atoms with Crippen molar-refractivity contribution < 1.29 is 82.0 Å². The molecule has 78 heavy (non-hydrogen) atoms. The lowest BCUT2D eigenvalue weighted by Crippen LogP contribution is -2.55. The van der Waals surface area contributed by atoms with Gasteiger partial charge < -0.3 is 29.3 Å². The molecule has 0 aromatic carbocycles. The fourth-order valence-electron chi connectivity index (χ4n) is 14.1. The maximum absolute atomic E-state index is 13.4. The van der Waals surface area contributed by atoms with E-state index in [0.29, 0.717) is 51.4 Å². The summed E-state index contributed by atoms with van der Waals surface area (Å²) in [5.41, 5.74) is -13.4. The summed E-state index contributed by atoms with van der Waals surface area (Å²) in [5.74, 6) is 6.92. The molecule has 0 bridgehead atoms. The Labute approximate surface area is 462 Å². The minimum Gasteiger partial charge on any atom is -0.414 e. The van der Waals surface area contributed by atoms with Crippen LogP contribution in [-0.2, 0) is 8.85 Å². The van der Waals surface area contributed by atoms with Gasteiger partial charge in [0.1, 0.15) is 0 Å². The molecule has 0 saturated heterocycles. The fraction of sp³-hybridized carbons (Fsp3) is 0.931. The van der Waals surface area contributed by atoms with Crippen molar-refractivity contribution in [3.63, 3.8) is 0 Å². The van der Waals surface area contributed by atoms with Gasteiger partial charge in [-0.3, -0.25) is 0 Å². The van der Waals surface area contributed by atoms with Gasteiger partial charge in [-0.25, -0.2) is 0 Å². The van der Waals surface area contributed by atoms with E-state index in [-0.39, 0.29) is 65.9 Å². The SMILES string of the molecule is C.CC(C)(CCC[C@](C)(CC#CC(O)(C(F)(F)F)C(F)(F)F)[C@H]1CCC2[C@@H](O[Si](C)(C)C(C)(C)C)CCC[C@@]21C)O[Si](C)(C)C.CC(C)(O)CCC[C@](C)(CC#CC(O)(C(F)(F)F)C(F)(F)F)[C@H]1CCC2[C@@H](O)CCC[C@@]21C. The standard InChI is InChI=1S/C33H58F6O3Si2.C24H36F6O3.CH4/c1-27(2,3)44(11,12)41-25-16-13-22-30(7)24(25)17-18-26(30)29(6,20-14-19-28(4,5)42-43(8,9)10)21-15-23-31(40,32(34,35)36)33(37,38)39;1-19(2,32)11-6-12-20(3,13-7-15-22(33,23(25,26)27)24(28,29)30)18-10-9-16-17(31)8-5-14-21(16,18)4;/h24-26,40H,13-14,16-22H2,1-12H3;16-18,31-33H,5-6,8-14H2,1-4H3;1H4/t24?,25-,26+,29+,30-;16?,17-,18+,20+,21-;/m00./s1. The van der Waals surface area contributed by atoms with Crippen LogP contribution in [0.2, 0.25) is 37.8 Å². The zero-order valence-electron chi connectivity index (χ0n) is 48.8. The Morgan fingerprint density at radius 2 is 0.897 bits per heavy atom. The third kappa shape index (κ3) is 16.8. The maximum atomic E-state index is 13.4. The lowest BCUT2D eigenvalue weighted by Gasteiger charge is -2.52. The normalized spacial score (nSPS) is 28.5. The number of hydrogen-bond donors (Lipinski definition) is 4. The second-order valence-corrected chi connectivity index (χ2v) is 37.6. The molecule has 6 nitrogen and oxygen atoms in total. The molecule has 2 unspecified atom stereocenters. The molecule has 4 aliphatic rings. The van der Waals surface area contributed by atoms with Crippen molar-refractivity contribution in [3.8, 4) is 23.7 Å². The van der Waals surface area contributed by atoms with E-state index in [1.54, 1.807) is 13.8 Å². The predicted octanol–water partition coefficient (Wildman–Crippen LogP) is 17.0. The van der Waals surface area contributed by atoms with E-state index in [2.05, 4.69) is 79.2 Å². The van der Waals surface area contributed by atoms with Gasteiger partial charge in [0.2, 0.25) is 0 Å². The maximum Gasteiger partial charge on any atom is 0.438 e.